The minimum atomic E-state index is -0.468. The fraction of sp³-hybridized carbons (Fsp3) is 0. The third-order valence-corrected chi connectivity index (χ3v) is 5.22. The Morgan fingerprint density at radius 1 is 0.968 bits per heavy atom. The first-order valence-corrected chi connectivity index (χ1v) is 10.1. The van der Waals surface area contributed by atoms with Crippen LogP contribution >= 0.6 is 15.9 Å². The lowest BCUT2D eigenvalue weighted by Gasteiger charge is -2.11. The molecule has 0 unspecified atom stereocenters. The molecule has 0 saturated heterocycles. The maximum atomic E-state index is 13.1. The van der Waals surface area contributed by atoms with E-state index in [1.807, 2.05) is 54.6 Å². The summed E-state index contributed by atoms with van der Waals surface area (Å²) in [5, 5.41) is 16.4. The van der Waals surface area contributed by atoms with E-state index in [4.69, 9.17) is 0 Å². The Labute approximate surface area is 186 Å². The Morgan fingerprint density at radius 2 is 1.65 bits per heavy atom. The van der Waals surface area contributed by atoms with Gasteiger partial charge in [-0.1, -0.05) is 64.5 Å². The van der Waals surface area contributed by atoms with Crippen LogP contribution in [0.4, 0.5) is 5.69 Å². The Morgan fingerprint density at radius 3 is 2.32 bits per heavy atom. The van der Waals surface area contributed by atoms with Gasteiger partial charge in [0.05, 0.1) is 11.1 Å². The molecular weight excluding hydrogens is 460 g/mol. The summed E-state index contributed by atoms with van der Waals surface area (Å²) in [6, 6.07) is 22.7. The molecule has 1 aliphatic heterocycles. The molecule has 152 valence electrons. The molecular formula is C23H15BrN4O3. The van der Waals surface area contributed by atoms with Crippen molar-refractivity contribution in [2.75, 3.05) is 0 Å². The number of nitro benzene ring substituents is 1. The molecule has 0 radical (unpaired) electrons. The fourth-order valence-corrected chi connectivity index (χ4v) is 3.33. The average molecular weight is 475 g/mol. The van der Waals surface area contributed by atoms with Crippen LogP contribution in [0, 0.1) is 10.1 Å². The number of carbonyl (C=O) groups excluding carboxylic acids is 1. The van der Waals surface area contributed by atoms with Crippen molar-refractivity contribution in [3.8, 4) is 0 Å². The van der Waals surface area contributed by atoms with Gasteiger partial charge in [0, 0.05) is 22.2 Å². The van der Waals surface area contributed by atoms with E-state index in [0.29, 0.717) is 11.4 Å². The van der Waals surface area contributed by atoms with E-state index in [9.17, 15) is 14.9 Å². The lowest BCUT2D eigenvalue weighted by atomic mass is 10.2. The molecule has 0 atom stereocenters. The number of halogens is 1. The highest BCUT2D eigenvalue weighted by Gasteiger charge is 2.31. The lowest BCUT2D eigenvalue weighted by Crippen LogP contribution is -2.27. The number of benzene rings is 3. The van der Waals surface area contributed by atoms with Crippen molar-refractivity contribution in [3.05, 3.63) is 116 Å². The highest BCUT2D eigenvalue weighted by molar-refractivity contribution is 9.10. The van der Waals surface area contributed by atoms with Gasteiger partial charge in [0.1, 0.15) is 5.70 Å². The predicted molar refractivity (Wildman–Crippen MR) is 123 cm³/mol. The van der Waals surface area contributed by atoms with Crippen LogP contribution in [0.1, 0.15) is 16.7 Å². The second kappa shape index (κ2) is 8.85. The molecule has 3 aromatic carbocycles. The lowest BCUT2D eigenvalue weighted by molar-refractivity contribution is -0.384. The molecule has 8 heteroatoms. The summed E-state index contributed by atoms with van der Waals surface area (Å²) in [4.78, 5) is 28.0. The average Bonchev–Trinajstić information content (AvgIpc) is 3.10. The SMILES string of the molecule is O=C1/C(=C\c2ccccc2Br)N=C(c2ccccc2)N1/N=C/c1ccc([N+](=O)[O-])cc1. The monoisotopic (exact) mass is 474 g/mol. The van der Waals surface area contributed by atoms with Crippen molar-refractivity contribution in [1.29, 1.82) is 0 Å². The van der Waals surface area contributed by atoms with Crippen LogP contribution in [-0.2, 0) is 4.79 Å². The molecule has 0 spiro atoms. The van der Waals surface area contributed by atoms with Gasteiger partial charge in [-0.3, -0.25) is 14.9 Å². The van der Waals surface area contributed by atoms with E-state index in [1.165, 1.54) is 23.4 Å². The van der Waals surface area contributed by atoms with Gasteiger partial charge in [0.15, 0.2) is 5.84 Å². The van der Waals surface area contributed by atoms with Crippen LogP contribution < -0.4 is 0 Å². The number of carbonyl (C=O) groups is 1. The molecule has 0 fully saturated rings. The summed E-state index contributed by atoms with van der Waals surface area (Å²) < 4.78 is 0.847. The van der Waals surface area contributed by atoms with E-state index < -0.39 is 4.92 Å². The molecule has 0 bridgehead atoms. The first kappa shape index (κ1) is 20.4. The Bertz CT molecular complexity index is 1240. The number of non-ortho nitro benzene ring substituents is 1. The topological polar surface area (TPSA) is 88.2 Å². The zero-order chi connectivity index (χ0) is 21.8. The third kappa shape index (κ3) is 4.49. The number of amides is 1. The molecule has 0 aromatic heterocycles. The zero-order valence-electron chi connectivity index (χ0n) is 16.1. The number of amidine groups is 1. The number of hydrazone groups is 1. The second-order valence-corrected chi connectivity index (χ2v) is 7.42. The minimum absolute atomic E-state index is 0.0143. The van der Waals surface area contributed by atoms with Crippen molar-refractivity contribution in [2.24, 2.45) is 10.1 Å². The predicted octanol–water partition coefficient (Wildman–Crippen LogP) is 5.02. The van der Waals surface area contributed by atoms with Crippen molar-refractivity contribution >= 4 is 45.7 Å². The molecule has 0 N–H and O–H groups in total. The van der Waals surface area contributed by atoms with E-state index in [0.717, 1.165) is 15.6 Å². The molecule has 1 amide bonds. The number of nitro groups is 1. The highest BCUT2D eigenvalue weighted by atomic mass is 79.9. The summed E-state index contributed by atoms with van der Waals surface area (Å²) in [6.07, 6.45) is 3.18. The number of hydrogen-bond acceptors (Lipinski definition) is 5. The standard InChI is InChI=1S/C23H15BrN4O3/c24-20-9-5-4-8-18(20)14-21-23(29)27(22(26-21)17-6-2-1-3-7-17)25-15-16-10-12-19(13-11-16)28(30)31/h1-15H/b21-14+,25-15+. The summed E-state index contributed by atoms with van der Waals surface area (Å²) in [7, 11) is 0. The van der Waals surface area contributed by atoms with Crippen LogP contribution in [-0.4, -0.2) is 27.9 Å². The minimum Gasteiger partial charge on any atom is -0.265 e. The van der Waals surface area contributed by atoms with Crippen LogP contribution in [0.3, 0.4) is 0 Å². The molecule has 4 rings (SSSR count). The Balaban J connectivity index is 1.70. The van der Waals surface area contributed by atoms with E-state index in [1.54, 1.807) is 18.2 Å². The van der Waals surface area contributed by atoms with Gasteiger partial charge in [0.2, 0.25) is 0 Å². The molecule has 0 aliphatic carbocycles. The zero-order valence-corrected chi connectivity index (χ0v) is 17.6. The van der Waals surface area contributed by atoms with Crippen LogP contribution in [0.15, 0.2) is 99.1 Å². The summed E-state index contributed by atoms with van der Waals surface area (Å²) >= 11 is 3.48. The first-order valence-electron chi connectivity index (χ1n) is 9.26. The number of rotatable bonds is 5. The number of nitrogens with zero attached hydrogens (tertiary/aromatic N) is 4. The van der Waals surface area contributed by atoms with E-state index in [2.05, 4.69) is 26.0 Å². The van der Waals surface area contributed by atoms with Crippen LogP contribution in [0.25, 0.3) is 6.08 Å². The van der Waals surface area contributed by atoms with Gasteiger partial charge in [-0.25, -0.2) is 4.99 Å². The fourth-order valence-electron chi connectivity index (χ4n) is 2.94. The number of aliphatic imine (C=N–C) groups is 1. The summed E-state index contributed by atoms with van der Waals surface area (Å²) in [6.45, 7) is 0. The highest BCUT2D eigenvalue weighted by Crippen LogP contribution is 2.25. The van der Waals surface area contributed by atoms with Gasteiger partial charge < -0.3 is 0 Å². The number of hydrogen-bond donors (Lipinski definition) is 0. The van der Waals surface area contributed by atoms with Crippen LogP contribution in [0.5, 0.6) is 0 Å². The Hall–Kier alpha value is -3.91. The first-order chi connectivity index (χ1) is 15.0. The largest absolute Gasteiger partial charge is 0.298 e. The molecule has 1 heterocycles. The van der Waals surface area contributed by atoms with Crippen LogP contribution in [0.2, 0.25) is 0 Å². The van der Waals surface area contributed by atoms with Gasteiger partial charge in [-0.15, -0.1) is 0 Å². The molecule has 31 heavy (non-hydrogen) atoms. The smallest absolute Gasteiger partial charge is 0.265 e. The third-order valence-electron chi connectivity index (χ3n) is 4.49. The molecule has 0 saturated carbocycles. The maximum absolute atomic E-state index is 13.1. The normalized spacial score (nSPS) is 15.0. The second-order valence-electron chi connectivity index (χ2n) is 6.56. The van der Waals surface area contributed by atoms with Crippen molar-refractivity contribution in [2.45, 2.75) is 0 Å². The summed E-state index contributed by atoms with van der Waals surface area (Å²) in [5.74, 6) is 0.0369. The maximum Gasteiger partial charge on any atom is 0.298 e. The van der Waals surface area contributed by atoms with Gasteiger partial charge in [-0.05, 0) is 35.4 Å². The van der Waals surface area contributed by atoms with Gasteiger partial charge in [0.25, 0.3) is 11.6 Å². The van der Waals surface area contributed by atoms with Crippen molar-refractivity contribution in [3.63, 3.8) is 0 Å². The molecule has 1 aliphatic rings. The molecule has 3 aromatic rings. The molecule has 7 nitrogen and oxygen atoms in total. The quantitative estimate of drug-likeness (QED) is 0.225. The van der Waals surface area contributed by atoms with E-state index in [-0.39, 0.29) is 17.3 Å². The van der Waals surface area contributed by atoms with E-state index >= 15 is 0 Å². The van der Waals surface area contributed by atoms with Crippen molar-refractivity contribution < 1.29 is 9.72 Å². The van der Waals surface area contributed by atoms with Crippen molar-refractivity contribution in [1.82, 2.24) is 5.01 Å². The Kier molecular flexibility index (Phi) is 5.81. The van der Waals surface area contributed by atoms with Gasteiger partial charge >= 0.3 is 0 Å². The van der Waals surface area contributed by atoms with Gasteiger partial charge in [-0.2, -0.15) is 10.1 Å². The summed E-state index contributed by atoms with van der Waals surface area (Å²) in [5.41, 5.74) is 2.43.